The predicted octanol–water partition coefficient (Wildman–Crippen LogP) is 3.15. The molecule has 2 fully saturated rings. The van der Waals surface area contributed by atoms with E-state index in [1.165, 1.54) is 5.56 Å². The van der Waals surface area contributed by atoms with Gasteiger partial charge >= 0.3 is 6.03 Å². The minimum Gasteiger partial charge on any atom is -0.393 e. The molecule has 3 unspecified atom stereocenters. The molecule has 4 heteroatoms. The van der Waals surface area contributed by atoms with Crippen LogP contribution >= 0.6 is 0 Å². The quantitative estimate of drug-likeness (QED) is 0.878. The van der Waals surface area contributed by atoms with Crippen LogP contribution in [0.2, 0.25) is 0 Å². The molecular weight excluding hydrogens is 264 g/mol. The highest BCUT2D eigenvalue weighted by Gasteiger charge is 2.40. The molecule has 3 rings (SSSR count). The third-order valence-electron chi connectivity index (χ3n) is 4.89. The lowest BCUT2D eigenvalue weighted by Gasteiger charge is -2.31. The third kappa shape index (κ3) is 3.05. The van der Waals surface area contributed by atoms with Gasteiger partial charge in [0.15, 0.2) is 0 Å². The predicted molar refractivity (Wildman–Crippen MR) is 83.3 cm³/mol. The van der Waals surface area contributed by atoms with Crippen LogP contribution < -0.4 is 5.32 Å². The highest BCUT2D eigenvalue weighted by molar-refractivity contribution is 5.89. The Bertz CT molecular complexity index is 500. The summed E-state index contributed by atoms with van der Waals surface area (Å²) in [7, 11) is 0. The van der Waals surface area contributed by atoms with Crippen molar-refractivity contribution in [3.63, 3.8) is 0 Å². The molecule has 0 bridgehead atoms. The summed E-state index contributed by atoms with van der Waals surface area (Å²) < 4.78 is 0. The number of hydrogen-bond acceptors (Lipinski definition) is 2. The molecular formula is C17H24N2O2. The van der Waals surface area contributed by atoms with Crippen LogP contribution in [0.5, 0.6) is 0 Å². The van der Waals surface area contributed by atoms with Crippen molar-refractivity contribution < 1.29 is 9.90 Å². The highest BCUT2D eigenvalue weighted by atomic mass is 16.3. The number of aryl methyl sites for hydroxylation is 1. The number of carbonyl (C=O) groups is 1. The molecule has 1 saturated heterocycles. The van der Waals surface area contributed by atoms with Crippen molar-refractivity contribution in [2.75, 3.05) is 11.9 Å². The van der Waals surface area contributed by atoms with Gasteiger partial charge in [0.2, 0.25) is 0 Å². The molecule has 1 aromatic rings. The second-order valence-electron chi connectivity index (χ2n) is 6.36. The van der Waals surface area contributed by atoms with Gasteiger partial charge in [-0.3, -0.25) is 0 Å². The first-order chi connectivity index (χ1) is 10.1. The molecule has 114 valence electrons. The number of anilines is 1. The van der Waals surface area contributed by atoms with Crippen LogP contribution in [0.25, 0.3) is 0 Å². The maximum absolute atomic E-state index is 12.5. The summed E-state index contributed by atoms with van der Waals surface area (Å²) in [5.74, 6) is 0.260. The lowest BCUT2D eigenvalue weighted by atomic mass is 9.94. The number of aliphatic hydroxyl groups is 1. The first-order valence-electron chi connectivity index (χ1n) is 7.97. The molecule has 1 heterocycles. The van der Waals surface area contributed by atoms with E-state index in [1.54, 1.807) is 0 Å². The summed E-state index contributed by atoms with van der Waals surface area (Å²) >= 11 is 0. The number of carbonyl (C=O) groups excluding carboxylic acids is 1. The van der Waals surface area contributed by atoms with Gasteiger partial charge in [-0.1, -0.05) is 24.1 Å². The highest BCUT2D eigenvalue weighted by Crippen LogP contribution is 2.36. The van der Waals surface area contributed by atoms with Crippen molar-refractivity contribution in [2.45, 2.75) is 51.2 Å². The molecule has 0 spiro atoms. The summed E-state index contributed by atoms with van der Waals surface area (Å²) in [4.78, 5) is 14.4. The molecule has 0 aromatic heterocycles. The second-order valence-corrected chi connectivity index (χ2v) is 6.36. The Morgan fingerprint density at radius 3 is 2.62 bits per heavy atom. The standard InChI is InChI=1S/C17H24N2O2/c1-12-7-9-13(10-8-12)18-17(21)19-11-3-5-15(19)14-4-2-6-16(14)20/h7-10,14-16,20H,2-6,11H2,1H3,(H,18,21). The molecule has 21 heavy (non-hydrogen) atoms. The largest absolute Gasteiger partial charge is 0.393 e. The third-order valence-corrected chi connectivity index (χ3v) is 4.89. The Morgan fingerprint density at radius 1 is 1.19 bits per heavy atom. The molecule has 3 atom stereocenters. The molecule has 1 aliphatic heterocycles. The molecule has 2 aliphatic rings. The summed E-state index contributed by atoms with van der Waals surface area (Å²) in [5.41, 5.74) is 2.02. The summed E-state index contributed by atoms with van der Waals surface area (Å²) in [5, 5.41) is 13.1. The van der Waals surface area contributed by atoms with Crippen LogP contribution in [0.3, 0.4) is 0 Å². The fourth-order valence-corrected chi connectivity index (χ4v) is 3.74. The maximum Gasteiger partial charge on any atom is 0.322 e. The number of amides is 2. The fraction of sp³-hybridized carbons (Fsp3) is 0.588. The lowest BCUT2D eigenvalue weighted by Crippen LogP contribution is -2.44. The topological polar surface area (TPSA) is 52.6 Å². The van der Waals surface area contributed by atoms with Gasteiger partial charge < -0.3 is 15.3 Å². The van der Waals surface area contributed by atoms with Gasteiger partial charge in [-0.05, 0) is 44.7 Å². The minimum atomic E-state index is -0.234. The van der Waals surface area contributed by atoms with Crippen LogP contribution in [0.15, 0.2) is 24.3 Å². The zero-order valence-electron chi connectivity index (χ0n) is 12.6. The Labute approximate surface area is 126 Å². The monoisotopic (exact) mass is 288 g/mol. The average molecular weight is 288 g/mol. The van der Waals surface area contributed by atoms with Gasteiger partial charge in [-0.2, -0.15) is 0 Å². The summed E-state index contributed by atoms with van der Waals surface area (Å²) in [6.45, 7) is 2.83. The van der Waals surface area contributed by atoms with E-state index < -0.39 is 0 Å². The van der Waals surface area contributed by atoms with Gasteiger partial charge in [0.1, 0.15) is 0 Å². The van der Waals surface area contributed by atoms with E-state index in [0.717, 1.165) is 44.3 Å². The van der Waals surface area contributed by atoms with Gasteiger partial charge in [0.25, 0.3) is 0 Å². The Hall–Kier alpha value is -1.55. The second kappa shape index (κ2) is 6.06. The number of rotatable bonds is 2. The van der Waals surface area contributed by atoms with E-state index in [2.05, 4.69) is 5.32 Å². The maximum atomic E-state index is 12.5. The van der Waals surface area contributed by atoms with E-state index in [4.69, 9.17) is 0 Å². The first kappa shape index (κ1) is 14.4. The molecule has 2 N–H and O–H groups in total. The SMILES string of the molecule is Cc1ccc(NC(=O)N2CCCC2C2CCCC2O)cc1. The van der Waals surface area contributed by atoms with E-state index in [0.29, 0.717) is 0 Å². The van der Waals surface area contributed by atoms with Crippen molar-refractivity contribution in [2.24, 2.45) is 5.92 Å². The number of hydrogen-bond donors (Lipinski definition) is 2. The van der Waals surface area contributed by atoms with Crippen LogP contribution in [0, 0.1) is 12.8 Å². The van der Waals surface area contributed by atoms with E-state index in [9.17, 15) is 9.90 Å². The molecule has 4 nitrogen and oxygen atoms in total. The number of urea groups is 1. The zero-order chi connectivity index (χ0) is 14.8. The number of aliphatic hydroxyl groups excluding tert-OH is 1. The van der Waals surface area contributed by atoms with Crippen molar-refractivity contribution >= 4 is 11.7 Å². The number of nitrogens with zero attached hydrogens (tertiary/aromatic N) is 1. The number of benzene rings is 1. The molecule has 0 radical (unpaired) electrons. The van der Waals surface area contributed by atoms with E-state index >= 15 is 0 Å². The zero-order valence-corrected chi connectivity index (χ0v) is 12.6. The molecule has 1 aliphatic carbocycles. The van der Waals surface area contributed by atoms with Gasteiger partial charge in [-0.15, -0.1) is 0 Å². The van der Waals surface area contributed by atoms with E-state index in [1.807, 2.05) is 36.1 Å². The Morgan fingerprint density at radius 2 is 1.95 bits per heavy atom. The van der Waals surface area contributed by atoms with Crippen LogP contribution in [-0.4, -0.2) is 34.7 Å². The van der Waals surface area contributed by atoms with E-state index in [-0.39, 0.29) is 24.1 Å². The molecule has 1 aromatic carbocycles. The van der Waals surface area contributed by atoms with Gasteiger partial charge in [0, 0.05) is 24.2 Å². The lowest BCUT2D eigenvalue weighted by molar-refractivity contribution is 0.0867. The summed E-state index contributed by atoms with van der Waals surface area (Å²) in [6, 6.07) is 8.04. The normalized spacial score (nSPS) is 28.9. The molecule has 2 amide bonds. The van der Waals surface area contributed by atoms with Gasteiger partial charge in [-0.25, -0.2) is 4.79 Å². The van der Waals surface area contributed by atoms with Crippen molar-refractivity contribution in [1.29, 1.82) is 0 Å². The van der Waals surface area contributed by atoms with Crippen molar-refractivity contribution in [3.05, 3.63) is 29.8 Å². The van der Waals surface area contributed by atoms with Crippen LogP contribution in [0.1, 0.15) is 37.7 Å². The van der Waals surface area contributed by atoms with Gasteiger partial charge in [0.05, 0.1) is 6.10 Å². The Kier molecular flexibility index (Phi) is 4.15. The molecule has 1 saturated carbocycles. The first-order valence-corrected chi connectivity index (χ1v) is 7.97. The Balaban J connectivity index is 1.67. The fourth-order valence-electron chi connectivity index (χ4n) is 3.74. The number of nitrogens with one attached hydrogen (secondary N) is 1. The number of likely N-dealkylation sites (tertiary alicyclic amines) is 1. The summed E-state index contributed by atoms with van der Waals surface area (Å²) in [6.07, 6.45) is 4.82. The van der Waals surface area contributed by atoms with Crippen molar-refractivity contribution in [3.8, 4) is 0 Å². The smallest absolute Gasteiger partial charge is 0.322 e. The van der Waals surface area contributed by atoms with Crippen LogP contribution in [0.4, 0.5) is 10.5 Å². The van der Waals surface area contributed by atoms with Crippen LogP contribution in [-0.2, 0) is 0 Å². The van der Waals surface area contributed by atoms with Crippen molar-refractivity contribution in [1.82, 2.24) is 4.90 Å². The minimum absolute atomic E-state index is 0.0274. The average Bonchev–Trinajstić information content (AvgIpc) is 3.09.